The van der Waals surface area contributed by atoms with Crippen LogP contribution >= 0.6 is 11.6 Å². The van der Waals surface area contributed by atoms with Gasteiger partial charge in [-0.25, -0.2) is 13.6 Å². The molecule has 0 aliphatic heterocycles. The fourth-order valence-electron chi connectivity index (χ4n) is 2.14. The van der Waals surface area contributed by atoms with Crippen LogP contribution in [0.15, 0.2) is 29.1 Å². The van der Waals surface area contributed by atoms with E-state index in [-0.39, 0.29) is 22.9 Å². The first-order chi connectivity index (χ1) is 10.4. The number of carbonyl (C=O) groups is 1. The molecule has 2 rings (SSSR count). The largest absolute Gasteiger partial charge is 0.465 e. The Morgan fingerprint density at radius 3 is 2.45 bits per heavy atom. The maximum Gasteiger partial charge on any atom is 0.409 e. The zero-order valence-electron chi connectivity index (χ0n) is 11.4. The number of amides is 1. The number of hydrogen-bond acceptors (Lipinski definition) is 2. The minimum absolute atomic E-state index is 0.0524. The summed E-state index contributed by atoms with van der Waals surface area (Å²) in [4.78, 5) is 23.0. The van der Waals surface area contributed by atoms with Gasteiger partial charge in [0.15, 0.2) is 0 Å². The van der Waals surface area contributed by atoms with E-state index >= 15 is 0 Å². The van der Waals surface area contributed by atoms with Gasteiger partial charge in [0, 0.05) is 6.54 Å². The van der Waals surface area contributed by atoms with E-state index in [2.05, 4.69) is 0 Å². The topological polar surface area (TPSA) is 71.3 Å². The second kappa shape index (κ2) is 6.15. The van der Waals surface area contributed by atoms with E-state index in [9.17, 15) is 18.4 Å². The number of pyridine rings is 1. The van der Waals surface area contributed by atoms with Crippen LogP contribution in [0.25, 0.3) is 11.3 Å². The maximum atomic E-state index is 14.0. The molecule has 0 fully saturated rings. The number of hydrogen-bond donors (Lipinski definition) is 2. The summed E-state index contributed by atoms with van der Waals surface area (Å²) >= 11 is 5.77. The summed E-state index contributed by atoms with van der Waals surface area (Å²) < 4.78 is 29.1. The predicted octanol–water partition coefficient (Wildman–Crippen LogP) is 3.56. The molecule has 5 nitrogen and oxygen atoms in total. The highest BCUT2D eigenvalue weighted by Crippen LogP contribution is 2.32. The Hall–Kier alpha value is -2.41. The summed E-state index contributed by atoms with van der Waals surface area (Å²) in [5.74, 6) is -1.84. The zero-order chi connectivity index (χ0) is 16.4. The summed E-state index contributed by atoms with van der Waals surface area (Å²) in [6, 6.07) is 4.23. The summed E-state index contributed by atoms with van der Waals surface area (Å²) in [6.07, 6.45) is -1.45. The fraction of sp³-hybridized carbons (Fsp3) is 0.143. The van der Waals surface area contributed by atoms with E-state index < -0.39 is 28.9 Å². The van der Waals surface area contributed by atoms with Gasteiger partial charge in [-0.05, 0) is 25.1 Å². The van der Waals surface area contributed by atoms with Gasteiger partial charge in [0.2, 0.25) is 0 Å². The number of carboxylic acid groups (broad SMARTS) is 1. The Balaban J connectivity index is 2.91. The van der Waals surface area contributed by atoms with Crippen LogP contribution in [0.2, 0.25) is 5.02 Å². The van der Waals surface area contributed by atoms with E-state index in [1.54, 1.807) is 6.92 Å². The molecule has 2 aromatic rings. The van der Waals surface area contributed by atoms with Crippen molar-refractivity contribution in [1.82, 2.24) is 4.57 Å². The molecule has 8 heteroatoms. The normalized spacial score (nSPS) is 10.5. The van der Waals surface area contributed by atoms with Gasteiger partial charge in [-0.2, -0.15) is 0 Å². The van der Waals surface area contributed by atoms with Gasteiger partial charge >= 0.3 is 6.09 Å². The van der Waals surface area contributed by atoms with Crippen LogP contribution in [-0.4, -0.2) is 15.8 Å². The average Bonchev–Trinajstić information content (AvgIpc) is 2.43. The van der Waals surface area contributed by atoms with Crippen molar-refractivity contribution in [3.05, 3.63) is 51.3 Å². The lowest BCUT2D eigenvalue weighted by atomic mass is 10.1. The molecule has 0 radical (unpaired) electrons. The number of benzene rings is 1. The van der Waals surface area contributed by atoms with Gasteiger partial charge in [-0.15, -0.1) is 0 Å². The van der Waals surface area contributed by atoms with Gasteiger partial charge in [-0.1, -0.05) is 17.7 Å². The number of nitrogens with one attached hydrogen (secondary N) is 1. The summed E-state index contributed by atoms with van der Waals surface area (Å²) in [6.45, 7) is 1.63. The standard InChI is InChI=1S/C14H11ClF2N2O3/c1-2-19-12(11-8(16)4-3-5-9(11)17)10(18-14(21)22)6-7(15)13(19)20/h3-6,18H,2H2,1H3,(H,21,22). The highest BCUT2D eigenvalue weighted by Gasteiger charge is 2.22. The molecule has 1 aromatic heterocycles. The average molecular weight is 329 g/mol. The molecular formula is C14H11ClF2N2O3. The second-order valence-electron chi connectivity index (χ2n) is 4.33. The number of nitrogens with zero attached hydrogens (tertiary/aromatic N) is 1. The molecule has 0 atom stereocenters. The first-order valence-corrected chi connectivity index (χ1v) is 6.62. The molecule has 1 aromatic carbocycles. The zero-order valence-corrected chi connectivity index (χ0v) is 12.1. The summed E-state index contributed by atoms with van der Waals surface area (Å²) in [5.41, 5.74) is -1.56. The van der Waals surface area contributed by atoms with Crippen LogP contribution in [0.5, 0.6) is 0 Å². The minimum Gasteiger partial charge on any atom is -0.465 e. The number of rotatable bonds is 3. The third-order valence-corrected chi connectivity index (χ3v) is 3.27. The molecule has 2 N–H and O–H groups in total. The fourth-order valence-corrected chi connectivity index (χ4v) is 2.35. The Morgan fingerprint density at radius 1 is 1.36 bits per heavy atom. The molecule has 1 amide bonds. The van der Waals surface area contributed by atoms with E-state index in [1.807, 2.05) is 5.32 Å². The maximum absolute atomic E-state index is 14.0. The lowest BCUT2D eigenvalue weighted by Crippen LogP contribution is -2.24. The van der Waals surface area contributed by atoms with Crippen molar-refractivity contribution in [3.8, 4) is 11.3 Å². The first-order valence-electron chi connectivity index (χ1n) is 6.24. The Morgan fingerprint density at radius 2 is 1.95 bits per heavy atom. The van der Waals surface area contributed by atoms with Crippen LogP contribution in [0, 0.1) is 11.6 Å². The van der Waals surface area contributed by atoms with E-state index in [0.717, 1.165) is 22.8 Å². The van der Waals surface area contributed by atoms with Gasteiger partial charge < -0.3 is 9.67 Å². The van der Waals surface area contributed by atoms with E-state index in [1.165, 1.54) is 6.07 Å². The lowest BCUT2D eigenvalue weighted by molar-refractivity contribution is 0.209. The first kappa shape index (κ1) is 16.0. The SMILES string of the molecule is CCn1c(-c2c(F)cccc2F)c(NC(=O)O)cc(Cl)c1=O. The molecule has 0 spiro atoms. The minimum atomic E-state index is -1.45. The molecular weight excluding hydrogens is 318 g/mol. The highest BCUT2D eigenvalue weighted by atomic mass is 35.5. The molecule has 0 aliphatic carbocycles. The molecule has 0 saturated heterocycles. The molecule has 0 aliphatic rings. The number of halogens is 3. The van der Waals surface area contributed by atoms with Crippen molar-refractivity contribution in [2.24, 2.45) is 0 Å². The van der Waals surface area contributed by atoms with Crippen LogP contribution in [0.1, 0.15) is 6.92 Å². The lowest BCUT2D eigenvalue weighted by Gasteiger charge is -2.17. The van der Waals surface area contributed by atoms with Crippen LogP contribution in [0.4, 0.5) is 19.3 Å². The van der Waals surface area contributed by atoms with Crippen LogP contribution in [0.3, 0.4) is 0 Å². The Bertz CT molecular complexity index is 785. The molecule has 22 heavy (non-hydrogen) atoms. The summed E-state index contributed by atoms with van der Waals surface area (Å²) in [5, 5.41) is 10.6. The van der Waals surface area contributed by atoms with E-state index in [0.29, 0.717) is 0 Å². The number of aromatic nitrogens is 1. The molecule has 116 valence electrons. The smallest absolute Gasteiger partial charge is 0.409 e. The monoisotopic (exact) mass is 328 g/mol. The highest BCUT2D eigenvalue weighted by molar-refractivity contribution is 6.30. The van der Waals surface area contributed by atoms with Crippen molar-refractivity contribution in [3.63, 3.8) is 0 Å². The third kappa shape index (κ3) is 2.80. The quantitative estimate of drug-likeness (QED) is 0.905. The Labute approximate surface area is 128 Å². The Kier molecular flexibility index (Phi) is 4.46. The van der Waals surface area contributed by atoms with Gasteiger partial charge in [-0.3, -0.25) is 10.1 Å². The molecule has 0 bridgehead atoms. The van der Waals surface area contributed by atoms with Crippen molar-refractivity contribution in [1.29, 1.82) is 0 Å². The molecule has 0 unspecified atom stereocenters. The van der Waals surface area contributed by atoms with Crippen molar-refractivity contribution in [2.75, 3.05) is 5.32 Å². The van der Waals surface area contributed by atoms with Crippen LogP contribution < -0.4 is 10.9 Å². The van der Waals surface area contributed by atoms with Crippen molar-refractivity contribution in [2.45, 2.75) is 13.5 Å². The predicted molar refractivity (Wildman–Crippen MR) is 78.4 cm³/mol. The van der Waals surface area contributed by atoms with Crippen molar-refractivity contribution < 1.29 is 18.7 Å². The third-order valence-electron chi connectivity index (χ3n) is 3.00. The van der Waals surface area contributed by atoms with Gasteiger partial charge in [0.05, 0.1) is 16.9 Å². The molecule has 0 saturated carbocycles. The van der Waals surface area contributed by atoms with Crippen LogP contribution in [-0.2, 0) is 6.54 Å². The van der Waals surface area contributed by atoms with Gasteiger partial charge in [0.25, 0.3) is 5.56 Å². The van der Waals surface area contributed by atoms with Gasteiger partial charge in [0.1, 0.15) is 16.7 Å². The van der Waals surface area contributed by atoms with Crippen molar-refractivity contribution >= 4 is 23.4 Å². The summed E-state index contributed by atoms with van der Waals surface area (Å²) in [7, 11) is 0. The number of anilines is 1. The van der Waals surface area contributed by atoms with E-state index in [4.69, 9.17) is 16.7 Å². The second-order valence-corrected chi connectivity index (χ2v) is 4.74. The molecule has 1 heterocycles.